The largest absolute Gasteiger partial charge is 0.416 e. The minimum absolute atomic E-state index is 0.0754. The van der Waals surface area contributed by atoms with E-state index in [-0.39, 0.29) is 35.5 Å². The first-order valence-electron chi connectivity index (χ1n) is 8.88. The fraction of sp³-hybridized carbons (Fsp3) is 0.368. The maximum atomic E-state index is 12.7. The standard InChI is InChI=1S/C19H17ClF3N3O3/c20-15-7-8-16(27)26(24-15)11-17(28)25-9-1-2-13(10-25)18(29)12-3-5-14(6-4-12)19(21,22)23/h3-8,13H,1-2,9-11H2/t13-/m0/s1. The summed E-state index contributed by atoms with van der Waals surface area (Å²) >= 11 is 5.75. The van der Waals surface area contributed by atoms with Crippen LogP contribution in [0.25, 0.3) is 0 Å². The molecule has 29 heavy (non-hydrogen) atoms. The second-order valence-electron chi connectivity index (χ2n) is 6.77. The molecule has 0 aliphatic carbocycles. The number of rotatable bonds is 4. The molecule has 0 unspecified atom stereocenters. The van der Waals surface area contributed by atoms with Crippen molar-refractivity contribution in [3.63, 3.8) is 0 Å². The number of hydrogen-bond donors (Lipinski definition) is 0. The molecule has 0 bridgehead atoms. The molecule has 1 saturated heterocycles. The molecule has 1 aliphatic heterocycles. The van der Waals surface area contributed by atoms with Gasteiger partial charge in [-0.2, -0.15) is 18.3 Å². The average molecular weight is 428 g/mol. The number of piperidine rings is 1. The van der Waals surface area contributed by atoms with Crippen LogP contribution in [-0.4, -0.2) is 39.5 Å². The number of ketones is 1. The zero-order valence-electron chi connectivity index (χ0n) is 15.2. The Labute approximate surface area is 168 Å². The van der Waals surface area contributed by atoms with Gasteiger partial charge in [-0.15, -0.1) is 0 Å². The van der Waals surface area contributed by atoms with Crippen molar-refractivity contribution in [1.29, 1.82) is 0 Å². The van der Waals surface area contributed by atoms with Crippen LogP contribution in [0.4, 0.5) is 13.2 Å². The lowest BCUT2D eigenvalue weighted by atomic mass is 9.89. The van der Waals surface area contributed by atoms with Gasteiger partial charge in [-0.05, 0) is 31.0 Å². The third-order valence-corrected chi connectivity index (χ3v) is 4.96. The summed E-state index contributed by atoms with van der Waals surface area (Å²) < 4.78 is 39.0. The van der Waals surface area contributed by atoms with Crippen LogP contribution >= 0.6 is 11.6 Å². The number of carbonyl (C=O) groups is 2. The molecule has 0 radical (unpaired) electrons. The highest BCUT2D eigenvalue weighted by Gasteiger charge is 2.32. The number of Topliss-reactive ketones (excluding diaryl/α,β-unsaturated/α-hetero) is 1. The van der Waals surface area contributed by atoms with Crippen LogP contribution in [0, 0.1) is 5.92 Å². The van der Waals surface area contributed by atoms with Gasteiger partial charge >= 0.3 is 6.18 Å². The van der Waals surface area contributed by atoms with E-state index in [0.29, 0.717) is 19.4 Å². The Balaban J connectivity index is 1.68. The maximum Gasteiger partial charge on any atom is 0.416 e. The summed E-state index contributed by atoms with van der Waals surface area (Å²) in [4.78, 5) is 38.5. The molecule has 0 saturated carbocycles. The number of hydrogen-bond acceptors (Lipinski definition) is 4. The van der Waals surface area contributed by atoms with E-state index in [0.717, 1.165) is 28.9 Å². The van der Waals surface area contributed by atoms with Crippen molar-refractivity contribution in [3.8, 4) is 0 Å². The minimum atomic E-state index is -4.47. The van der Waals surface area contributed by atoms with Crippen LogP contribution in [0.2, 0.25) is 5.15 Å². The van der Waals surface area contributed by atoms with Crippen molar-refractivity contribution in [3.05, 3.63) is 63.0 Å². The lowest BCUT2D eigenvalue weighted by Gasteiger charge is -2.32. The average Bonchev–Trinajstić information content (AvgIpc) is 2.69. The summed E-state index contributed by atoms with van der Waals surface area (Å²) in [6.45, 7) is 0.250. The zero-order chi connectivity index (χ0) is 21.2. The van der Waals surface area contributed by atoms with E-state index in [1.807, 2.05) is 0 Å². The number of likely N-dealkylation sites (tertiary alicyclic amines) is 1. The first-order chi connectivity index (χ1) is 13.6. The molecule has 3 rings (SSSR count). The van der Waals surface area contributed by atoms with Crippen LogP contribution in [0.5, 0.6) is 0 Å². The molecule has 1 aromatic carbocycles. The monoisotopic (exact) mass is 427 g/mol. The number of aromatic nitrogens is 2. The van der Waals surface area contributed by atoms with Gasteiger partial charge in [0.15, 0.2) is 5.78 Å². The highest BCUT2D eigenvalue weighted by Crippen LogP contribution is 2.30. The Kier molecular flexibility index (Phi) is 6.07. The smallest absolute Gasteiger partial charge is 0.340 e. The summed E-state index contributed by atoms with van der Waals surface area (Å²) in [7, 11) is 0. The van der Waals surface area contributed by atoms with Gasteiger partial charge in [-0.1, -0.05) is 23.7 Å². The molecule has 1 aliphatic rings. The van der Waals surface area contributed by atoms with E-state index in [1.54, 1.807) is 0 Å². The van der Waals surface area contributed by atoms with Gasteiger partial charge in [0.05, 0.1) is 5.56 Å². The molecule has 6 nitrogen and oxygen atoms in total. The van der Waals surface area contributed by atoms with Crippen molar-refractivity contribution >= 4 is 23.3 Å². The first-order valence-corrected chi connectivity index (χ1v) is 9.26. The molecule has 2 aromatic rings. The Hall–Kier alpha value is -2.68. The van der Waals surface area contributed by atoms with Crippen LogP contribution in [0.15, 0.2) is 41.2 Å². The van der Waals surface area contributed by atoms with E-state index in [9.17, 15) is 27.6 Å². The summed E-state index contributed by atoms with van der Waals surface area (Å²) in [6, 6.07) is 6.58. The topological polar surface area (TPSA) is 72.3 Å². The fourth-order valence-corrected chi connectivity index (χ4v) is 3.40. The molecule has 1 aromatic heterocycles. The molecule has 154 valence electrons. The molecule has 1 amide bonds. The van der Waals surface area contributed by atoms with Crippen molar-refractivity contribution in [2.75, 3.05) is 13.1 Å². The number of alkyl halides is 3. The SMILES string of the molecule is O=C(c1ccc(C(F)(F)F)cc1)[C@H]1CCCN(C(=O)Cn2nc(Cl)ccc2=O)C1. The van der Waals surface area contributed by atoms with E-state index >= 15 is 0 Å². The van der Waals surface area contributed by atoms with E-state index in [1.165, 1.54) is 17.0 Å². The van der Waals surface area contributed by atoms with Gasteiger partial charge in [0.25, 0.3) is 5.56 Å². The molecule has 1 atom stereocenters. The molecule has 0 N–H and O–H groups in total. The highest BCUT2D eigenvalue weighted by molar-refractivity contribution is 6.29. The number of nitrogens with zero attached hydrogens (tertiary/aromatic N) is 3. The molecular formula is C19H17ClF3N3O3. The number of benzene rings is 1. The van der Waals surface area contributed by atoms with Crippen LogP contribution in [0.3, 0.4) is 0 Å². The lowest BCUT2D eigenvalue weighted by molar-refractivity contribution is -0.137. The zero-order valence-corrected chi connectivity index (χ0v) is 15.9. The van der Waals surface area contributed by atoms with Gasteiger partial charge in [0.2, 0.25) is 5.91 Å². The Bertz CT molecular complexity index is 973. The normalized spacial score (nSPS) is 17.2. The van der Waals surface area contributed by atoms with Gasteiger partial charge in [-0.3, -0.25) is 14.4 Å². The molecule has 1 fully saturated rings. The lowest BCUT2D eigenvalue weighted by Crippen LogP contribution is -2.44. The number of carbonyl (C=O) groups excluding carboxylic acids is 2. The first kappa shape index (κ1) is 21.0. The number of amides is 1. The maximum absolute atomic E-state index is 12.7. The van der Waals surface area contributed by atoms with Crippen molar-refractivity contribution in [1.82, 2.24) is 14.7 Å². The van der Waals surface area contributed by atoms with Gasteiger partial charge in [0, 0.05) is 30.6 Å². The molecular weight excluding hydrogens is 411 g/mol. The van der Waals surface area contributed by atoms with Crippen molar-refractivity contribution in [2.45, 2.75) is 25.6 Å². The third kappa shape index (κ3) is 5.03. The second kappa shape index (κ2) is 8.36. The Morgan fingerprint density at radius 1 is 1.14 bits per heavy atom. The summed E-state index contributed by atoms with van der Waals surface area (Å²) in [5, 5.41) is 3.88. The van der Waals surface area contributed by atoms with E-state index in [4.69, 9.17) is 11.6 Å². The summed E-state index contributed by atoms with van der Waals surface area (Å²) in [5.41, 5.74) is -1.13. The fourth-order valence-electron chi connectivity index (χ4n) is 3.24. The van der Waals surface area contributed by atoms with E-state index in [2.05, 4.69) is 5.10 Å². The van der Waals surface area contributed by atoms with Gasteiger partial charge < -0.3 is 4.90 Å². The van der Waals surface area contributed by atoms with Crippen LogP contribution in [-0.2, 0) is 17.5 Å². The van der Waals surface area contributed by atoms with Crippen molar-refractivity contribution < 1.29 is 22.8 Å². The highest BCUT2D eigenvalue weighted by atomic mass is 35.5. The van der Waals surface area contributed by atoms with Crippen LogP contribution in [0.1, 0.15) is 28.8 Å². The Morgan fingerprint density at radius 3 is 2.48 bits per heavy atom. The Morgan fingerprint density at radius 2 is 1.83 bits per heavy atom. The predicted molar refractivity (Wildman–Crippen MR) is 98.6 cm³/mol. The summed E-state index contributed by atoms with van der Waals surface area (Å²) in [6.07, 6.45) is -3.37. The molecule has 10 heteroatoms. The third-order valence-electron chi connectivity index (χ3n) is 4.76. The second-order valence-corrected chi connectivity index (χ2v) is 7.16. The summed E-state index contributed by atoms with van der Waals surface area (Å²) in [5.74, 6) is -1.21. The van der Waals surface area contributed by atoms with E-state index < -0.39 is 23.2 Å². The van der Waals surface area contributed by atoms with Crippen LogP contribution < -0.4 is 5.56 Å². The van der Waals surface area contributed by atoms with Gasteiger partial charge in [0.1, 0.15) is 11.7 Å². The molecule has 2 heterocycles. The van der Waals surface area contributed by atoms with Gasteiger partial charge in [-0.25, -0.2) is 4.68 Å². The predicted octanol–water partition coefficient (Wildman–Crippen LogP) is 3.04. The minimum Gasteiger partial charge on any atom is -0.340 e. The van der Waals surface area contributed by atoms with Crippen molar-refractivity contribution in [2.24, 2.45) is 5.92 Å². The number of halogens is 4. The molecule has 0 spiro atoms. The quantitative estimate of drug-likeness (QED) is 0.703.